The van der Waals surface area contributed by atoms with Crippen molar-refractivity contribution in [2.24, 2.45) is 0 Å². The average molecular weight is 743 g/mol. The Morgan fingerprint density at radius 2 is 1.73 bits per heavy atom. The number of benzene rings is 3. The molecule has 3 aromatic rings. The lowest BCUT2D eigenvalue weighted by molar-refractivity contribution is -0.118. The number of amides is 5. The molecule has 7 N–H and O–H groups in total. The van der Waals surface area contributed by atoms with Gasteiger partial charge in [0.05, 0.1) is 29.7 Å². The summed E-state index contributed by atoms with van der Waals surface area (Å²) in [6.45, 7) is 1.32. The highest BCUT2D eigenvalue weighted by Gasteiger charge is 2.34. The van der Waals surface area contributed by atoms with Crippen molar-refractivity contribution in [1.82, 2.24) is 15.1 Å². The number of hydrogen-bond donors (Lipinski definition) is 5. The van der Waals surface area contributed by atoms with Crippen LogP contribution in [-0.4, -0.2) is 66.0 Å². The van der Waals surface area contributed by atoms with E-state index in [1.54, 1.807) is 17.0 Å². The number of nitrogens with zero attached hydrogens (tertiary/aromatic N) is 2. The molecule has 45 heavy (non-hydrogen) atoms. The molecular formula is C31H33Br2N7O5. The highest BCUT2D eigenvalue weighted by Crippen LogP contribution is 2.31. The SMILES string of the molecule is COC(=O)c1ccc(N)c(NC(=O)[C@@H](Cc2cc(Br)c(N)c(Br)c2)NC(=O)N2CCC(N3Cc4ccccc4NC3=O)CC2)c1. The highest BCUT2D eigenvalue weighted by molar-refractivity contribution is 9.11. The van der Waals surface area contributed by atoms with E-state index in [-0.39, 0.29) is 35.4 Å². The van der Waals surface area contributed by atoms with E-state index in [9.17, 15) is 19.2 Å². The Morgan fingerprint density at radius 1 is 1.04 bits per heavy atom. The van der Waals surface area contributed by atoms with Crippen LogP contribution in [0.1, 0.15) is 34.3 Å². The maximum atomic E-state index is 13.7. The molecule has 12 nitrogen and oxygen atoms in total. The summed E-state index contributed by atoms with van der Waals surface area (Å²) in [5.41, 5.74) is 15.9. The molecule has 0 spiro atoms. The number of methoxy groups -OCH3 is 1. The number of fused-ring (bicyclic) bond motifs is 1. The molecule has 2 aliphatic heterocycles. The standard InChI is InChI=1S/C31H33Br2N7O5/c1-45-29(42)18-6-7-23(34)25(15-18)36-28(41)26(14-17-12-21(32)27(35)22(33)13-17)38-30(43)39-10-8-20(9-11-39)40-16-19-4-2-3-5-24(19)37-31(40)44/h2-7,12-13,15,20,26H,8-11,14,16,34-35H2,1H3,(H,36,41)(H,37,44)(H,38,43)/t26-/m1/s1. The van der Waals surface area contributed by atoms with Crippen molar-refractivity contribution < 1.29 is 23.9 Å². The summed E-state index contributed by atoms with van der Waals surface area (Å²) in [6.07, 6.45) is 1.32. The number of carbonyl (C=O) groups is 4. The summed E-state index contributed by atoms with van der Waals surface area (Å²) in [5.74, 6) is -1.11. The van der Waals surface area contributed by atoms with Gasteiger partial charge in [-0.15, -0.1) is 0 Å². The number of nitrogens with one attached hydrogen (secondary N) is 3. The molecule has 0 aliphatic carbocycles. The van der Waals surface area contributed by atoms with E-state index in [1.165, 1.54) is 25.3 Å². The van der Waals surface area contributed by atoms with Crippen molar-refractivity contribution in [3.05, 3.63) is 80.2 Å². The molecule has 2 aliphatic rings. The van der Waals surface area contributed by atoms with Gasteiger partial charge in [-0.1, -0.05) is 18.2 Å². The number of para-hydroxylation sites is 1. The summed E-state index contributed by atoms with van der Waals surface area (Å²) in [6, 6.07) is 14.1. The van der Waals surface area contributed by atoms with Crippen LogP contribution in [0.5, 0.6) is 0 Å². The molecule has 3 aromatic carbocycles. The number of anilines is 4. The number of ether oxygens (including phenoxy) is 1. The number of halogens is 2. The smallest absolute Gasteiger partial charge is 0.337 e. The van der Waals surface area contributed by atoms with Gasteiger partial charge in [0, 0.05) is 46.7 Å². The minimum Gasteiger partial charge on any atom is -0.465 e. The van der Waals surface area contributed by atoms with Crippen LogP contribution in [0.4, 0.5) is 32.3 Å². The number of urea groups is 2. The summed E-state index contributed by atoms with van der Waals surface area (Å²) in [4.78, 5) is 55.5. The minimum absolute atomic E-state index is 0.0314. The number of hydrogen-bond acceptors (Lipinski definition) is 7. The van der Waals surface area contributed by atoms with Crippen LogP contribution in [-0.2, 0) is 22.5 Å². The number of nitrogen functional groups attached to an aromatic ring is 2. The van der Waals surface area contributed by atoms with Crippen molar-refractivity contribution in [2.75, 3.05) is 42.3 Å². The summed E-state index contributed by atoms with van der Waals surface area (Å²) in [7, 11) is 1.26. The molecule has 2 heterocycles. The second-order valence-electron chi connectivity index (χ2n) is 10.9. The summed E-state index contributed by atoms with van der Waals surface area (Å²) < 4.78 is 6.06. The highest BCUT2D eigenvalue weighted by atomic mass is 79.9. The van der Waals surface area contributed by atoms with Gasteiger partial charge in [0.15, 0.2) is 0 Å². The van der Waals surface area contributed by atoms with Gasteiger partial charge in [-0.25, -0.2) is 14.4 Å². The van der Waals surface area contributed by atoms with Crippen molar-refractivity contribution in [3.8, 4) is 0 Å². The van der Waals surface area contributed by atoms with Crippen LogP contribution in [0.2, 0.25) is 0 Å². The predicted octanol–water partition coefficient (Wildman–Crippen LogP) is 4.93. The first-order chi connectivity index (χ1) is 21.5. The topological polar surface area (TPSA) is 172 Å². The second-order valence-corrected chi connectivity index (χ2v) is 12.6. The third-order valence-electron chi connectivity index (χ3n) is 7.98. The minimum atomic E-state index is -1.01. The Morgan fingerprint density at radius 3 is 2.42 bits per heavy atom. The van der Waals surface area contributed by atoms with Crippen LogP contribution in [0.15, 0.2) is 63.5 Å². The Hall–Kier alpha value is -4.30. The first kappa shape index (κ1) is 32.1. The number of carbonyl (C=O) groups excluding carboxylic acids is 4. The van der Waals surface area contributed by atoms with Gasteiger partial charge in [-0.3, -0.25) is 4.79 Å². The van der Waals surface area contributed by atoms with Gasteiger partial charge in [-0.05, 0) is 92.2 Å². The number of esters is 1. The van der Waals surface area contributed by atoms with Crippen LogP contribution in [0.3, 0.4) is 0 Å². The number of nitrogens with two attached hydrogens (primary N) is 2. The van der Waals surface area contributed by atoms with E-state index in [4.69, 9.17) is 16.2 Å². The molecule has 14 heteroatoms. The first-order valence-corrected chi connectivity index (χ1v) is 15.9. The third-order valence-corrected chi connectivity index (χ3v) is 9.29. The Labute approximate surface area is 277 Å². The fourth-order valence-electron chi connectivity index (χ4n) is 5.47. The lowest BCUT2D eigenvalue weighted by Crippen LogP contribution is -2.55. The molecule has 5 rings (SSSR count). The fraction of sp³-hybridized carbons (Fsp3) is 0.290. The maximum absolute atomic E-state index is 13.7. The zero-order valence-corrected chi connectivity index (χ0v) is 27.6. The zero-order valence-electron chi connectivity index (χ0n) is 24.4. The van der Waals surface area contributed by atoms with Crippen LogP contribution >= 0.6 is 31.9 Å². The van der Waals surface area contributed by atoms with E-state index in [1.807, 2.05) is 29.2 Å². The molecular weight excluding hydrogens is 710 g/mol. The molecule has 1 atom stereocenters. The van der Waals surface area contributed by atoms with Crippen LogP contribution < -0.4 is 27.4 Å². The Kier molecular flexibility index (Phi) is 9.83. The van der Waals surface area contributed by atoms with E-state index in [0.29, 0.717) is 47.1 Å². The second kappa shape index (κ2) is 13.8. The van der Waals surface area contributed by atoms with E-state index in [2.05, 4.69) is 47.8 Å². The quantitative estimate of drug-likeness (QED) is 0.169. The molecule has 0 unspecified atom stereocenters. The van der Waals surface area contributed by atoms with Crippen LogP contribution in [0.25, 0.3) is 0 Å². The number of rotatable bonds is 7. The monoisotopic (exact) mass is 741 g/mol. The van der Waals surface area contributed by atoms with Gasteiger partial charge in [0.25, 0.3) is 0 Å². The Bertz CT molecular complexity index is 1620. The molecule has 0 saturated carbocycles. The van der Waals surface area contributed by atoms with Crippen molar-refractivity contribution in [3.63, 3.8) is 0 Å². The molecule has 1 fully saturated rings. The van der Waals surface area contributed by atoms with E-state index < -0.39 is 23.9 Å². The molecule has 5 amide bonds. The third kappa shape index (κ3) is 7.34. The molecule has 0 radical (unpaired) electrons. The summed E-state index contributed by atoms with van der Waals surface area (Å²) >= 11 is 6.87. The van der Waals surface area contributed by atoms with Gasteiger partial charge >= 0.3 is 18.0 Å². The lowest BCUT2D eigenvalue weighted by Gasteiger charge is -2.40. The predicted molar refractivity (Wildman–Crippen MR) is 179 cm³/mol. The largest absolute Gasteiger partial charge is 0.465 e. The van der Waals surface area contributed by atoms with Gasteiger partial charge < -0.3 is 42.0 Å². The average Bonchev–Trinajstić information content (AvgIpc) is 3.03. The van der Waals surface area contributed by atoms with E-state index >= 15 is 0 Å². The molecule has 0 bridgehead atoms. The maximum Gasteiger partial charge on any atom is 0.337 e. The van der Waals surface area contributed by atoms with Crippen molar-refractivity contribution in [1.29, 1.82) is 0 Å². The first-order valence-electron chi connectivity index (χ1n) is 14.3. The normalized spacial score (nSPS) is 15.5. The molecule has 236 valence electrons. The molecule has 0 aromatic heterocycles. The Balaban J connectivity index is 1.29. The van der Waals surface area contributed by atoms with Crippen LogP contribution in [0, 0.1) is 0 Å². The number of piperidine rings is 1. The fourth-order valence-corrected chi connectivity index (χ4v) is 6.75. The zero-order chi connectivity index (χ0) is 32.2. The van der Waals surface area contributed by atoms with Gasteiger partial charge in [0.2, 0.25) is 5.91 Å². The molecule has 1 saturated heterocycles. The number of likely N-dealkylation sites (tertiary alicyclic amines) is 1. The van der Waals surface area contributed by atoms with E-state index in [0.717, 1.165) is 16.8 Å². The summed E-state index contributed by atoms with van der Waals surface area (Å²) in [5, 5.41) is 8.59. The van der Waals surface area contributed by atoms with Gasteiger partial charge in [0.1, 0.15) is 6.04 Å². The lowest BCUT2D eigenvalue weighted by atomic mass is 10.0. The van der Waals surface area contributed by atoms with Crippen molar-refractivity contribution in [2.45, 2.75) is 37.9 Å². The van der Waals surface area contributed by atoms with Gasteiger partial charge in [-0.2, -0.15) is 0 Å². The van der Waals surface area contributed by atoms with Crippen molar-refractivity contribution >= 4 is 78.5 Å².